The molecule has 8 heteroatoms. The van der Waals surface area contributed by atoms with Gasteiger partial charge in [-0.15, -0.1) is 0 Å². The molecule has 0 bridgehead atoms. The summed E-state index contributed by atoms with van der Waals surface area (Å²) in [5, 5.41) is 10.5. The molecular formula is C24H29ClO7. The highest BCUT2D eigenvalue weighted by molar-refractivity contribution is 6.33. The monoisotopic (exact) mass is 464 g/mol. The highest BCUT2D eigenvalue weighted by atomic mass is 35.5. The molecule has 1 N–H and O–H groups in total. The number of phenolic OH excluding ortho intramolecular Hbond substituents is 1. The van der Waals surface area contributed by atoms with Gasteiger partial charge in [-0.25, -0.2) is 9.59 Å². The minimum Gasteiger partial charge on any atom is -0.507 e. The van der Waals surface area contributed by atoms with Gasteiger partial charge in [0.2, 0.25) is 0 Å². The average molecular weight is 465 g/mol. The van der Waals surface area contributed by atoms with Crippen LogP contribution in [0.5, 0.6) is 11.5 Å². The van der Waals surface area contributed by atoms with E-state index >= 15 is 0 Å². The number of rotatable bonds is 6. The molecular weight excluding hydrogens is 436 g/mol. The summed E-state index contributed by atoms with van der Waals surface area (Å²) in [6.07, 6.45) is 9.94. The van der Waals surface area contributed by atoms with Crippen LogP contribution in [0.1, 0.15) is 61.9 Å². The highest BCUT2D eigenvalue weighted by Crippen LogP contribution is 2.38. The lowest BCUT2D eigenvalue weighted by atomic mass is 9.99. The molecule has 0 saturated heterocycles. The van der Waals surface area contributed by atoms with Crippen LogP contribution in [-0.2, 0) is 25.5 Å². The van der Waals surface area contributed by atoms with Crippen LogP contribution in [-0.4, -0.2) is 42.1 Å². The number of esters is 2. The molecule has 174 valence electrons. The number of halogens is 1. The zero-order valence-corrected chi connectivity index (χ0v) is 19.2. The second-order valence-electron chi connectivity index (χ2n) is 7.47. The largest absolute Gasteiger partial charge is 0.507 e. The minimum atomic E-state index is -0.792. The lowest BCUT2D eigenvalue weighted by molar-refractivity contribution is -0.146. The molecule has 0 saturated carbocycles. The Balaban J connectivity index is 2.34. The summed E-state index contributed by atoms with van der Waals surface area (Å²) >= 11 is 6.44. The molecule has 32 heavy (non-hydrogen) atoms. The lowest BCUT2D eigenvalue weighted by Crippen LogP contribution is -2.19. The van der Waals surface area contributed by atoms with Gasteiger partial charge in [0.25, 0.3) is 0 Å². The van der Waals surface area contributed by atoms with Crippen LogP contribution in [0.15, 0.2) is 30.4 Å². The van der Waals surface area contributed by atoms with Gasteiger partial charge in [0, 0.05) is 24.5 Å². The van der Waals surface area contributed by atoms with Crippen LogP contribution in [0.25, 0.3) is 0 Å². The molecule has 0 aromatic heterocycles. The summed E-state index contributed by atoms with van der Waals surface area (Å²) in [6.45, 7) is 3.56. The van der Waals surface area contributed by atoms with Crippen LogP contribution >= 0.6 is 11.6 Å². The molecule has 0 spiro atoms. The van der Waals surface area contributed by atoms with E-state index < -0.39 is 30.4 Å². The second-order valence-corrected chi connectivity index (χ2v) is 7.85. The SMILES string of the molecule is CCCCOC(=O)COc1cc(O)c2c(c1Cl)CC(=O)/C=C/CC/C=C/C[C@@H](C)OC2=O. The first-order valence-electron chi connectivity index (χ1n) is 10.7. The molecule has 1 heterocycles. The fourth-order valence-corrected chi connectivity index (χ4v) is 3.29. The van der Waals surface area contributed by atoms with Gasteiger partial charge in [-0.05, 0) is 32.3 Å². The first-order valence-corrected chi connectivity index (χ1v) is 11.1. The van der Waals surface area contributed by atoms with Crippen molar-refractivity contribution in [2.45, 2.75) is 58.5 Å². The molecule has 1 atom stereocenters. The maximum Gasteiger partial charge on any atom is 0.344 e. The Morgan fingerprint density at radius 1 is 1.25 bits per heavy atom. The number of carbonyl (C=O) groups is 3. The Bertz CT molecular complexity index is 889. The summed E-state index contributed by atoms with van der Waals surface area (Å²) < 4.78 is 15.9. The molecule has 0 radical (unpaired) electrons. The molecule has 0 amide bonds. The Labute approximate surface area is 193 Å². The molecule has 7 nitrogen and oxygen atoms in total. The van der Waals surface area contributed by atoms with Gasteiger partial charge in [-0.1, -0.05) is 43.2 Å². The highest BCUT2D eigenvalue weighted by Gasteiger charge is 2.26. The molecule has 1 aromatic carbocycles. The third kappa shape index (κ3) is 7.71. The van der Waals surface area contributed by atoms with E-state index in [2.05, 4.69) is 0 Å². The van der Waals surface area contributed by atoms with Crippen molar-refractivity contribution in [3.05, 3.63) is 46.5 Å². The average Bonchev–Trinajstić information content (AvgIpc) is 2.73. The summed E-state index contributed by atoms with van der Waals surface area (Å²) in [4.78, 5) is 37.1. The van der Waals surface area contributed by atoms with Crippen molar-refractivity contribution in [1.82, 2.24) is 0 Å². The van der Waals surface area contributed by atoms with Gasteiger partial charge in [0.05, 0.1) is 11.6 Å². The van der Waals surface area contributed by atoms with Crippen molar-refractivity contribution in [2.24, 2.45) is 0 Å². The van der Waals surface area contributed by atoms with E-state index in [0.29, 0.717) is 12.8 Å². The molecule has 0 aliphatic carbocycles. The van der Waals surface area contributed by atoms with E-state index in [0.717, 1.165) is 25.3 Å². The van der Waals surface area contributed by atoms with E-state index in [9.17, 15) is 19.5 Å². The Hall–Kier alpha value is -2.80. The zero-order chi connectivity index (χ0) is 23.5. The van der Waals surface area contributed by atoms with Gasteiger partial charge < -0.3 is 19.3 Å². The lowest BCUT2D eigenvalue weighted by Gasteiger charge is -2.18. The molecule has 1 aliphatic heterocycles. The molecule has 0 unspecified atom stereocenters. The smallest absolute Gasteiger partial charge is 0.344 e. The van der Waals surface area contributed by atoms with E-state index in [1.54, 1.807) is 13.0 Å². The number of hydrogen-bond donors (Lipinski definition) is 1. The third-order valence-electron chi connectivity index (χ3n) is 4.72. The fraction of sp³-hybridized carbons (Fsp3) is 0.458. The number of ketones is 1. The predicted octanol–water partition coefficient (Wildman–Crippen LogP) is 4.72. The van der Waals surface area contributed by atoms with E-state index in [4.69, 9.17) is 25.8 Å². The van der Waals surface area contributed by atoms with Gasteiger partial charge >= 0.3 is 11.9 Å². The standard InChI is InChI=1S/C24H29ClO7/c1-3-4-12-30-21(28)15-31-20-14-19(27)22-18(23(20)25)13-17(26)11-9-7-5-6-8-10-16(2)32-24(22)29/h6,8-9,11,14,16,27H,3-5,7,10,12-13,15H2,1-2H3/b8-6+,11-9+/t16-/m1/s1. The zero-order valence-electron chi connectivity index (χ0n) is 18.4. The Morgan fingerprint density at radius 3 is 2.75 bits per heavy atom. The fourth-order valence-electron chi connectivity index (χ4n) is 3.02. The maximum atomic E-state index is 12.8. The van der Waals surface area contributed by atoms with Crippen LogP contribution in [0.3, 0.4) is 0 Å². The maximum absolute atomic E-state index is 12.8. The summed E-state index contributed by atoms with van der Waals surface area (Å²) in [6, 6.07) is 1.13. The molecule has 2 rings (SSSR count). The van der Waals surface area contributed by atoms with Gasteiger partial charge in [-0.2, -0.15) is 0 Å². The van der Waals surface area contributed by atoms with Gasteiger partial charge in [0.15, 0.2) is 12.4 Å². The van der Waals surface area contributed by atoms with Crippen LogP contribution < -0.4 is 4.74 Å². The predicted molar refractivity (Wildman–Crippen MR) is 120 cm³/mol. The van der Waals surface area contributed by atoms with Crippen molar-refractivity contribution in [3.63, 3.8) is 0 Å². The number of unbranched alkanes of at least 4 members (excludes halogenated alkanes) is 1. The van der Waals surface area contributed by atoms with Gasteiger partial charge in [0.1, 0.15) is 23.2 Å². The summed E-state index contributed by atoms with van der Waals surface area (Å²) in [5.41, 5.74) is -0.108. The quantitative estimate of drug-likeness (QED) is 0.369. The normalized spacial score (nSPS) is 19.3. The van der Waals surface area contributed by atoms with Crippen molar-refractivity contribution >= 4 is 29.3 Å². The van der Waals surface area contributed by atoms with E-state index in [1.165, 1.54) is 6.08 Å². The van der Waals surface area contributed by atoms with Crippen molar-refractivity contribution in [2.75, 3.05) is 13.2 Å². The van der Waals surface area contributed by atoms with Crippen molar-refractivity contribution in [3.8, 4) is 11.5 Å². The topological polar surface area (TPSA) is 99.1 Å². The van der Waals surface area contributed by atoms with E-state index in [1.807, 2.05) is 19.1 Å². The number of aromatic hydroxyl groups is 1. The Morgan fingerprint density at radius 2 is 2.00 bits per heavy atom. The number of fused-ring (bicyclic) bond motifs is 1. The first-order chi connectivity index (χ1) is 15.3. The number of cyclic esters (lactones) is 1. The van der Waals surface area contributed by atoms with E-state index in [-0.39, 0.29) is 40.7 Å². The molecule has 1 aliphatic rings. The minimum absolute atomic E-state index is 0.0305. The van der Waals surface area contributed by atoms with Gasteiger partial charge in [-0.3, -0.25) is 4.79 Å². The molecule has 0 fully saturated rings. The number of allylic oxidation sites excluding steroid dienone is 3. The van der Waals surface area contributed by atoms with Crippen molar-refractivity contribution < 1.29 is 33.7 Å². The second kappa shape index (κ2) is 12.9. The number of ether oxygens (including phenoxy) is 3. The molecule has 1 aromatic rings. The van der Waals surface area contributed by atoms with Crippen molar-refractivity contribution in [1.29, 1.82) is 0 Å². The summed E-state index contributed by atoms with van der Waals surface area (Å²) in [7, 11) is 0. The van der Waals surface area contributed by atoms with Crippen LogP contribution in [0.2, 0.25) is 5.02 Å². The third-order valence-corrected chi connectivity index (χ3v) is 5.13. The number of carbonyl (C=O) groups excluding carboxylic acids is 3. The number of benzene rings is 1. The number of hydrogen-bond acceptors (Lipinski definition) is 7. The number of phenols is 1. The Kier molecular flexibility index (Phi) is 10.3. The summed E-state index contributed by atoms with van der Waals surface area (Å²) in [5.74, 6) is -2.16. The van der Waals surface area contributed by atoms with Crippen LogP contribution in [0.4, 0.5) is 0 Å². The first kappa shape index (κ1) is 25.5. The van der Waals surface area contributed by atoms with Crippen LogP contribution in [0, 0.1) is 0 Å².